The minimum absolute atomic E-state index is 0.0498. The van der Waals surface area contributed by atoms with Gasteiger partial charge >= 0.3 is 0 Å². The summed E-state index contributed by atoms with van der Waals surface area (Å²) in [5.74, 6) is -0.391. The molecule has 4 heteroatoms. The third-order valence-electron chi connectivity index (χ3n) is 3.21. The molecule has 0 spiro atoms. The fourth-order valence-corrected chi connectivity index (χ4v) is 2.36. The molecular formula is C11H20O4. The first kappa shape index (κ1) is 11.3. The lowest BCUT2D eigenvalue weighted by Crippen LogP contribution is -2.35. The second-order valence-corrected chi connectivity index (χ2v) is 4.90. The molecule has 0 aromatic carbocycles. The van der Waals surface area contributed by atoms with E-state index in [0.29, 0.717) is 6.42 Å². The number of aliphatic hydroxyl groups excluding tert-OH is 1. The third-order valence-corrected chi connectivity index (χ3v) is 3.21. The predicted molar refractivity (Wildman–Crippen MR) is 54.2 cm³/mol. The Hall–Kier alpha value is -0.160. The smallest absolute Gasteiger partial charge is 0.187 e. The van der Waals surface area contributed by atoms with E-state index in [4.69, 9.17) is 14.2 Å². The van der Waals surface area contributed by atoms with E-state index in [1.54, 1.807) is 0 Å². The van der Waals surface area contributed by atoms with Gasteiger partial charge in [0.15, 0.2) is 12.1 Å². The number of fused-ring (bicyclic) bond motifs is 1. The van der Waals surface area contributed by atoms with Crippen LogP contribution in [0.4, 0.5) is 0 Å². The molecule has 1 unspecified atom stereocenters. The van der Waals surface area contributed by atoms with Crippen molar-refractivity contribution in [1.29, 1.82) is 0 Å². The molecule has 0 aliphatic carbocycles. The van der Waals surface area contributed by atoms with Crippen molar-refractivity contribution in [2.45, 2.75) is 64.5 Å². The van der Waals surface area contributed by atoms with Crippen molar-refractivity contribution in [2.24, 2.45) is 5.92 Å². The summed E-state index contributed by atoms with van der Waals surface area (Å²) in [5.41, 5.74) is 0. The average Bonchev–Trinajstić information content (AvgIpc) is 2.60. The second-order valence-electron chi connectivity index (χ2n) is 4.90. The molecule has 5 atom stereocenters. The van der Waals surface area contributed by atoms with Gasteiger partial charge in [-0.25, -0.2) is 0 Å². The van der Waals surface area contributed by atoms with Gasteiger partial charge in [-0.1, -0.05) is 13.8 Å². The van der Waals surface area contributed by atoms with Gasteiger partial charge in [0.25, 0.3) is 0 Å². The minimum atomic E-state index is -0.564. The molecule has 2 fully saturated rings. The number of ether oxygens (including phenoxy) is 3. The highest BCUT2D eigenvalue weighted by molar-refractivity contribution is 4.92. The van der Waals surface area contributed by atoms with E-state index >= 15 is 0 Å². The van der Waals surface area contributed by atoms with Crippen LogP contribution in [0.2, 0.25) is 0 Å². The summed E-state index contributed by atoms with van der Waals surface area (Å²) in [7, 11) is 0. The van der Waals surface area contributed by atoms with Gasteiger partial charge in [-0.2, -0.15) is 0 Å². The van der Waals surface area contributed by atoms with E-state index in [-0.39, 0.29) is 24.4 Å². The van der Waals surface area contributed by atoms with Crippen molar-refractivity contribution in [2.75, 3.05) is 0 Å². The molecule has 15 heavy (non-hydrogen) atoms. The maximum atomic E-state index is 9.78. The summed E-state index contributed by atoms with van der Waals surface area (Å²) in [5, 5.41) is 9.78. The summed E-state index contributed by atoms with van der Waals surface area (Å²) in [4.78, 5) is 0. The lowest BCUT2D eigenvalue weighted by molar-refractivity contribution is -0.219. The quantitative estimate of drug-likeness (QED) is 0.755. The van der Waals surface area contributed by atoms with Crippen LogP contribution in [0.25, 0.3) is 0 Å². The normalized spacial score (nSPS) is 45.4. The lowest BCUT2D eigenvalue weighted by atomic mass is 9.96. The molecule has 0 aromatic rings. The van der Waals surface area contributed by atoms with Crippen LogP contribution in [0.15, 0.2) is 0 Å². The van der Waals surface area contributed by atoms with Crippen LogP contribution in [-0.2, 0) is 14.2 Å². The van der Waals surface area contributed by atoms with E-state index in [1.165, 1.54) is 0 Å². The van der Waals surface area contributed by atoms with E-state index in [9.17, 15) is 5.11 Å². The summed E-state index contributed by atoms with van der Waals surface area (Å²) in [6.07, 6.45) is -0.271. The van der Waals surface area contributed by atoms with Gasteiger partial charge < -0.3 is 19.3 Å². The number of hydrogen-bond donors (Lipinski definition) is 1. The van der Waals surface area contributed by atoms with Gasteiger partial charge in [-0.15, -0.1) is 0 Å². The Balaban J connectivity index is 2.05. The maximum Gasteiger partial charge on any atom is 0.187 e. The number of hydrogen-bond acceptors (Lipinski definition) is 4. The van der Waals surface area contributed by atoms with Crippen LogP contribution in [0.1, 0.15) is 34.1 Å². The van der Waals surface area contributed by atoms with Crippen molar-refractivity contribution >= 4 is 0 Å². The highest BCUT2D eigenvalue weighted by Gasteiger charge is 2.54. The van der Waals surface area contributed by atoms with E-state index in [2.05, 4.69) is 0 Å². The molecule has 4 nitrogen and oxygen atoms in total. The van der Waals surface area contributed by atoms with Crippen molar-refractivity contribution in [1.82, 2.24) is 0 Å². The first-order chi connectivity index (χ1) is 6.94. The molecule has 2 saturated heterocycles. The van der Waals surface area contributed by atoms with Crippen LogP contribution >= 0.6 is 0 Å². The fraction of sp³-hybridized carbons (Fsp3) is 1.00. The zero-order valence-corrected chi connectivity index (χ0v) is 9.77. The van der Waals surface area contributed by atoms with Crippen LogP contribution < -0.4 is 0 Å². The van der Waals surface area contributed by atoms with Crippen molar-refractivity contribution < 1.29 is 19.3 Å². The monoisotopic (exact) mass is 216 g/mol. The van der Waals surface area contributed by atoms with Crippen molar-refractivity contribution in [3.63, 3.8) is 0 Å². The third kappa shape index (κ3) is 1.91. The zero-order valence-electron chi connectivity index (χ0n) is 9.77. The van der Waals surface area contributed by atoms with E-state index < -0.39 is 11.9 Å². The van der Waals surface area contributed by atoms with Crippen molar-refractivity contribution in [3.05, 3.63) is 0 Å². The molecule has 2 rings (SSSR count). The molecule has 0 aromatic heterocycles. The summed E-state index contributed by atoms with van der Waals surface area (Å²) < 4.78 is 17.1. The van der Waals surface area contributed by atoms with Gasteiger partial charge in [-0.05, 0) is 20.3 Å². The first-order valence-corrected chi connectivity index (χ1v) is 5.64. The van der Waals surface area contributed by atoms with E-state index in [0.717, 1.165) is 0 Å². The second kappa shape index (κ2) is 3.70. The number of aliphatic hydroxyl groups is 1. The molecular weight excluding hydrogens is 196 g/mol. The Labute approximate surface area is 90.5 Å². The Morgan fingerprint density at radius 2 is 2.00 bits per heavy atom. The SMILES string of the molecule is CC[C@@H](O)[C@H]1O[C@@H]2OC(C)(C)O[C@H]2C1C. The standard InChI is InChI=1S/C11H20O4/c1-5-7(12)8-6(2)9-10(13-8)15-11(3,4)14-9/h6-10,12H,5H2,1-4H3/t6?,7-,8+,9+,10-/m1/s1. The molecule has 0 amide bonds. The zero-order chi connectivity index (χ0) is 11.2. The molecule has 2 aliphatic heterocycles. The number of rotatable bonds is 2. The fourth-order valence-electron chi connectivity index (χ4n) is 2.36. The maximum absolute atomic E-state index is 9.78. The van der Waals surface area contributed by atoms with Crippen LogP contribution in [-0.4, -0.2) is 35.5 Å². The average molecular weight is 216 g/mol. The first-order valence-electron chi connectivity index (χ1n) is 5.64. The van der Waals surface area contributed by atoms with Crippen LogP contribution in [0.5, 0.6) is 0 Å². The molecule has 1 N–H and O–H groups in total. The van der Waals surface area contributed by atoms with Crippen LogP contribution in [0.3, 0.4) is 0 Å². The van der Waals surface area contributed by atoms with Gasteiger partial charge in [0, 0.05) is 5.92 Å². The van der Waals surface area contributed by atoms with Gasteiger partial charge in [0.2, 0.25) is 0 Å². The van der Waals surface area contributed by atoms with Crippen LogP contribution in [0, 0.1) is 5.92 Å². The summed E-state index contributed by atoms with van der Waals surface area (Å²) in [6, 6.07) is 0. The highest BCUT2D eigenvalue weighted by Crippen LogP contribution is 2.41. The Morgan fingerprint density at radius 1 is 1.33 bits per heavy atom. The minimum Gasteiger partial charge on any atom is -0.390 e. The Kier molecular flexibility index (Phi) is 2.79. The van der Waals surface area contributed by atoms with Gasteiger partial charge in [0.05, 0.1) is 12.2 Å². The van der Waals surface area contributed by atoms with Gasteiger partial charge in [-0.3, -0.25) is 0 Å². The molecule has 88 valence electrons. The highest BCUT2D eigenvalue weighted by atomic mass is 16.8. The van der Waals surface area contributed by atoms with Crippen molar-refractivity contribution in [3.8, 4) is 0 Å². The Morgan fingerprint density at radius 3 is 2.53 bits per heavy atom. The largest absolute Gasteiger partial charge is 0.390 e. The molecule has 2 heterocycles. The summed E-state index contributed by atoms with van der Waals surface area (Å²) >= 11 is 0. The summed E-state index contributed by atoms with van der Waals surface area (Å²) in [6.45, 7) is 7.75. The predicted octanol–water partition coefficient (Wildman–Crippen LogP) is 1.27. The van der Waals surface area contributed by atoms with Gasteiger partial charge in [0.1, 0.15) is 6.10 Å². The molecule has 2 aliphatic rings. The lowest BCUT2D eigenvalue weighted by Gasteiger charge is -2.25. The Bertz CT molecular complexity index is 241. The van der Waals surface area contributed by atoms with E-state index in [1.807, 2.05) is 27.7 Å². The molecule has 0 saturated carbocycles. The topological polar surface area (TPSA) is 47.9 Å². The molecule has 0 bridgehead atoms. The molecule has 0 radical (unpaired) electrons.